The minimum atomic E-state index is 0.0949. The van der Waals surface area contributed by atoms with Gasteiger partial charge >= 0.3 is 11.9 Å². The molecule has 0 saturated carbocycles. The number of hydrogen-bond acceptors (Lipinski definition) is 6. The summed E-state index contributed by atoms with van der Waals surface area (Å²) in [6, 6.07) is 0. The molecule has 0 amide bonds. The molecule has 0 aromatic carbocycles. The highest BCUT2D eigenvalue weighted by Gasteiger charge is 2.20. The Morgan fingerprint density at radius 3 is 0.794 bits per heavy atom. The zero-order chi connectivity index (χ0) is 49.6. The molecule has 0 aromatic heterocycles. The Kier molecular flexibility index (Phi) is 54.3. The van der Waals surface area contributed by atoms with Crippen molar-refractivity contribution in [3.63, 3.8) is 0 Å². The van der Waals surface area contributed by atoms with E-state index in [9.17, 15) is 9.59 Å². The number of nitrogens with zero attached hydrogens (tertiary/aromatic N) is 2. The summed E-state index contributed by atoms with van der Waals surface area (Å²) in [5, 5.41) is 0. The molecule has 0 spiro atoms. The van der Waals surface area contributed by atoms with Gasteiger partial charge < -0.3 is 19.3 Å². The van der Waals surface area contributed by atoms with Crippen molar-refractivity contribution in [2.45, 2.75) is 323 Å². The van der Waals surface area contributed by atoms with Crippen LogP contribution in [0.1, 0.15) is 323 Å². The first kappa shape index (κ1) is 66.9. The Bertz CT molecular complexity index is 933. The van der Waals surface area contributed by atoms with Crippen molar-refractivity contribution in [3.05, 3.63) is 0 Å². The number of likely N-dealkylation sites (N-methyl/N-ethyl adjacent to an activating group) is 1. The zero-order valence-electron chi connectivity index (χ0n) is 47.5. The Labute approximate surface area is 427 Å². The molecule has 2 atom stereocenters. The highest BCUT2D eigenvalue weighted by atomic mass is 16.5. The van der Waals surface area contributed by atoms with E-state index in [1.165, 1.54) is 276 Å². The molecule has 0 heterocycles. The summed E-state index contributed by atoms with van der Waals surface area (Å²) >= 11 is 0. The summed E-state index contributed by atoms with van der Waals surface area (Å²) in [7, 11) is 4.39. The number of rotatable bonds is 57. The lowest BCUT2D eigenvalue weighted by molar-refractivity contribution is -0.150. The van der Waals surface area contributed by atoms with Crippen LogP contribution >= 0.6 is 0 Å². The summed E-state index contributed by atoms with van der Waals surface area (Å²) in [5.74, 6) is 0.423. The lowest BCUT2D eigenvalue weighted by Crippen LogP contribution is -2.33. The van der Waals surface area contributed by atoms with Gasteiger partial charge in [0.15, 0.2) is 0 Å². The predicted octanol–water partition coefficient (Wildman–Crippen LogP) is 19.2. The van der Waals surface area contributed by atoms with Gasteiger partial charge in [-0.1, -0.05) is 272 Å². The second-order valence-electron chi connectivity index (χ2n) is 22.0. The highest BCUT2D eigenvalue weighted by molar-refractivity contribution is 5.72. The second kappa shape index (κ2) is 55.2. The van der Waals surface area contributed by atoms with Gasteiger partial charge in [-0.2, -0.15) is 0 Å². The fraction of sp³-hybridized carbons (Fsp3) is 0.968. The van der Waals surface area contributed by atoms with E-state index in [0.29, 0.717) is 13.2 Å². The number of carbonyl (C=O) groups is 2. The molecular formula is C62H124N2O4. The summed E-state index contributed by atoms with van der Waals surface area (Å²) in [5.41, 5.74) is 0. The van der Waals surface area contributed by atoms with Gasteiger partial charge in [0.2, 0.25) is 0 Å². The zero-order valence-corrected chi connectivity index (χ0v) is 47.5. The summed E-state index contributed by atoms with van der Waals surface area (Å²) in [6.07, 6.45) is 58.0. The fourth-order valence-corrected chi connectivity index (χ4v) is 10.1. The van der Waals surface area contributed by atoms with Gasteiger partial charge in [0, 0.05) is 13.1 Å². The fourth-order valence-electron chi connectivity index (χ4n) is 10.1. The average molecular weight is 962 g/mol. The topological polar surface area (TPSA) is 59.1 Å². The standard InChI is InChI=1S/C62H124N2O4/c1-7-11-15-19-23-27-35-43-51-59(49-41-33-21-17-13-9-3)61(65)67-57-47-39-31-25-29-37-45-53-64(56-55-63(5)6)54-46-38-30-26-32-40-48-58-68-62(66)60(50-42-34-22-18-14-10-4)52-44-36-28-24-20-16-12-8-2/h59-60H,7-58H2,1-6H3. The monoisotopic (exact) mass is 961 g/mol. The minimum Gasteiger partial charge on any atom is -0.465 e. The van der Waals surface area contributed by atoms with Gasteiger partial charge in [0.05, 0.1) is 25.0 Å². The van der Waals surface area contributed by atoms with Crippen LogP contribution in [0.3, 0.4) is 0 Å². The molecule has 0 saturated heterocycles. The van der Waals surface area contributed by atoms with Gasteiger partial charge in [-0.05, 0) is 78.6 Å². The van der Waals surface area contributed by atoms with E-state index in [1.807, 2.05) is 0 Å². The Morgan fingerprint density at radius 2 is 0.529 bits per heavy atom. The molecule has 0 bridgehead atoms. The van der Waals surface area contributed by atoms with Crippen molar-refractivity contribution in [1.82, 2.24) is 9.80 Å². The van der Waals surface area contributed by atoms with Crippen LogP contribution in [0.2, 0.25) is 0 Å². The third-order valence-corrected chi connectivity index (χ3v) is 14.9. The van der Waals surface area contributed by atoms with E-state index in [4.69, 9.17) is 9.47 Å². The van der Waals surface area contributed by atoms with Gasteiger partial charge in [0.25, 0.3) is 0 Å². The third-order valence-electron chi connectivity index (χ3n) is 14.9. The van der Waals surface area contributed by atoms with Crippen LogP contribution in [0.15, 0.2) is 0 Å². The van der Waals surface area contributed by atoms with Crippen LogP contribution in [0.5, 0.6) is 0 Å². The van der Waals surface area contributed by atoms with E-state index in [1.54, 1.807) is 0 Å². The maximum absolute atomic E-state index is 13.1. The van der Waals surface area contributed by atoms with Crippen molar-refractivity contribution in [1.29, 1.82) is 0 Å². The van der Waals surface area contributed by atoms with E-state index in [0.717, 1.165) is 45.1 Å². The number of esters is 2. The van der Waals surface area contributed by atoms with Gasteiger partial charge in [0.1, 0.15) is 0 Å². The average Bonchev–Trinajstić information content (AvgIpc) is 3.33. The van der Waals surface area contributed by atoms with E-state index in [2.05, 4.69) is 51.6 Å². The van der Waals surface area contributed by atoms with Crippen molar-refractivity contribution < 1.29 is 19.1 Å². The molecule has 0 aliphatic heterocycles. The normalized spacial score (nSPS) is 12.6. The lowest BCUT2D eigenvalue weighted by atomic mass is 9.94. The minimum absolute atomic E-state index is 0.0949. The van der Waals surface area contributed by atoms with Gasteiger partial charge in [-0.3, -0.25) is 9.59 Å². The van der Waals surface area contributed by atoms with E-state index in [-0.39, 0.29) is 23.8 Å². The molecule has 0 rings (SSSR count). The van der Waals surface area contributed by atoms with Crippen LogP contribution in [0.4, 0.5) is 0 Å². The van der Waals surface area contributed by atoms with Gasteiger partial charge in [-0.25, -0.2) is 0 Å². The SMILES string of the molecule is CCCCCCCCCCC(CCCCCCCC)C(=O)OCCCCCCCCCN(CCCCCCCCCOC(=O)C(CCCCCCCC)CCCCCCCCCC)CCN(C)C. The molecule has 0 aliphatic carbocycles. The molecule has 0 fully saturated rings. The molecule has 2 unspecified atom stereocenters. The predicted molar refractivity (Wildman–Crippen MR) is 299 cm³/mol. The molecular weight excluding hydrogens is 837 g/mol. The largest absolute Gasteiger partial charge is 0.465 e. The van der Waals surface area contributed by atoms with Crippen molar-refractivity contribution in [2.75, 3.05) is 53.5 Å². The number of hydrogen-bond donors (Lipinski definition) is 0. The maximum Gasteiger partial charge on any atom is 0.308 e. The van der Waals surface area contributed by atoms with Crippen molar-refractivity contribution >= 4 is 11.9 Å². The van der Waals surface area contributed by atoms with Crippen LogP contribution < -0.4 is 0 Å². The molecule has 0 N–H and O–H groups in total. The smallest absolute Gasteiger partial charge is 0.308 e. The third kappa shape index (κ3) is 48.5. The van der Waals surface area contributed by atoms with Crippen LogP contribution in [0.25, 0.3) is 0 Å². The maximum atomic E-state index is 13.1. The molecule has 406 valence electrons. The number of unbranched alkanes of at least 4 members (excludes halogenated alkanes) is 36. The Morgan fingerprint density at radius 1 is 0.294 bits per heavy atom. The first-order valence-electron chi connectivity index (χ1n) is 31.1. The van der Waals surface area contributed by atoms with Crippen LogP contribution in [-0.2, 0) is 19.1 Å². The molecule has 0 radical (unpaired) electrons. The first-order chi connectivity index (χ1) is 33.4. The summed E-state index contributed by atoms with van der Waals surface area (Å²) in [6.45, 7) is 15.1. The van der Waals surface area contributed by atoms with Crippen molar-refractivity contribution in [2.24, 2.45) is 11.8 Å². The quantitative estimate of drug-likeness (QED) is 0.0447. The van der Waals surface area contributed by atoms with Crippen LogP contribution in [-0.4, -0.2) is 75.2 Å². The Hall–Kier alpha value is -1.14. The highest BCUT2D eigenvalue weighted by Crippen LogP contribution is 2.23. The van der Waals surface area contributed by atoms with Crippen LogP contribution in [0, 0.1) is 11.8 Å². The van der Waals surface area contributed by atoms with E-state index < -0.39 is 0 Å². The summed E-state index contributed by atoms with van der Waals surface area (Å²) < 4.78 is 11.8. The molecule has 0 aliphatic rings. The first-order valence-corrected chi connectivity index (χ1v) is 31.1. The van der Waals surface area contributed by atoms with Gasteiger partial charge in [-0.15, -0.1) is 0 Å². The molecule has 0 aromatic rings. The number of carbonyl (C=O) groups excluding carboxylic acids is 2. The van der Waals surface area contributed by atoms with E-state index >= 15 is 0 Å². The molecule has 6 heteroatoms. The number of ether oxygens (including phenoxy) is 2. The molecule has 6 nitrogen and oxygen atoms in total. The summed E-state index contributed by atoms with van der Waals surface area (Å²) in [4.78, 5) is 31.3. The van der Waals surface area contributed by atoms with Crippen molar-refractivity contribution in [3.8, 4) is 0 Å². The lowest BCUT2D eigenvalue weighted by Gasteiger charge is -2.24. The Balaban J connectivity index is 4.25. The second-order valence-corrected chi connectivity index (χ2v) is 22.0. The molecule has 68 heavy (non-hydrogen) atoms.